The molecule has 4 nitrogen and oxygen atoms in total. The van der Waals surface area contributed by atoms with Crippen LogP contribution in [0.1, 0.15) is 5.56 Å². The van der Waals surface area contributed by atoms with Gasteiger partial charge >= 0.3 is 0 Å². The lowest BCUT2D eigenvalue weighted by atomic mass is 10.0. The largest absolute Gasteiger partial charge is 0.309 e. The molecule has 0 aliphatic heterocycles. The maximum absolute atomic E-state index is 12.3. The molecule has 0 fully saturated rings. The lowest BCUT2D eigenvalue weighted by molar-refractivity contribution is 1.18. The Bertz CT molecular complexity index is 2690. The minimum absolute atomic E-state index is 0.118. The number of aromatic nitrogens is 2. The summed E-state index contributed by atoms with van der Waals surface area (Å²) in [5.74, 6) is 0. The second kappa shape index (κ2) is 9.78. The van der Waals surface area contributed by atoms with Crippen molar-refractivity contribution in [2.75, 3.05) is 0 Å². The fraction of sp³-hybridized carbons (Fsp3) is 0. The van der Waals surface area contributed by atoms with Crippen molar-refractivity contribution in [3.8, 4) is 28.6 Å². The van der Waals surface area contributed by atoms with Gasteiger partial charge in [-0.25, -0.2) is 0 Å². The second-order valence-corrected chi connectivity index (χ2v) is 12.3. The number of hydrogen-bond acceptors (Lipinski definition) is 3. The molecule has 45 heavy (non-hydrogen) atoms. The number of rotatable bonds is 3. The number of benzene rings is 6. The van der Waals surface area contributed by atoms with Gasteiger partial charge < -0.3 is 9.13 Å². The number of para-hydroxylation sites is 3. The van der Waals surface area contributed by atoms with Crippen molar-refractivity contribution in [2.24, 2.45) is 0 Å². The van der Waals surface area contributed by atoms with Crippen LogP contribution in [0.2, 0.25) is 0 Å². The summed E-state index contributed by atoms with van der Waals surface area (Å²) in [5, 5.41) is 15.2. The molecule has 0 amide bonds. The lowest BCUT2D eigenvalue weighted by Gasteiger charge is -2.11. The Hall–Kier alpha value is -5.96. The summed E-state index contributed by atoms with van der Waals surface area (Å²) in [4.78, 5) is 12.3. The fourth-order valence-electron chi connectivity index (χ4n) is 6.82. The van der Waals surface area contributed by atoms with Gasteiger partial charge in [0, 0.05) is 49.1 Å². The predicted molar refractivity (Wildman–Crippen MR) is 187 cm³/mol. The molecule has 0 unspecified atom stereocenters. The quantitative estimate of drug-likeness (QED) is 0.205. The molecule has 3 aromatic heterocycles. The first-order valence-corrected chi connectivity index (χ1v) is 15.6. The van der Waals surface area contributed by atoms with Crippen LogP contribution in [0.15, 0.2) is 144 Å². The van der Waals surface area contributed by atoms with Gasteiger partial charge in [0.05, 0.1) is 33.7 Å². The molecule has 0 aliphatic carbocycles. The van der Waals surface area contributed by atoms with E-state index in [0.717, 1.165) is 54.4 Å². The van der Waals surface area contributed by atoms with E-state index in [9.17, 15) is 10.1 Å². The van der Waals surface area contributed by atoms with Crippen molar-refractivity contribution < 1.29 is 0 Å². The van der Waals surface area contributed by atoms with Crippen LogP contribution in [0.3, 0.4) is 0 Å². The number of hydrogen-bond donors (Lipinski definition) is 0. The van der Waals surface area contributed by atoms with Gasteiger partial charge in [0.25, 0.3) is 0 Å². The summed E-state index contributed by atoms with van der Waals surface area (Å²) >= 11 is 1.17. The summed E-state index contributed by atoms with van der Waals surface area (Å²) in [7, 11) is 0. The Labute approximate surface area is 261 Å². The first-order valence-electron chi connectivity index (χ1n) is 14.8. The van der Waals surface area contributed by atoms with E-state index in [1.165, 1.54) is 39.2 Å². The molecule has 0 spiro atoms. The molecular formula is C40H23N3OS. The lowest BCUT2D eigenvalue weighted by Crippen LogP contribution is -1.97. The number of fused-ring (bicyclic) bond motifs is 7. The van der Waals surface area contributed by atoms with Crippen LogP contribution >= 0.6 is 11.3 Å². The Kier molecular flexibility index (Phi) is 5.55. The topological polar surface area (TPSA) is 50.7 Å². The van der Waals surface area contributed by atoms with Gasteiger partial charge in [-0.1, -0.05) is 90.2 Å². The van der Waals surface area contributed by atoms with Gasteiger partial charge in [-0.3, -0.25) is 4.79 Å². The number of nitriles is 1. The Morgan fingerprint density at radius 2 is 1.02 bits per heavy atom. The van der Waals surface area contributed by atoms with Crippen molar-refractivity contribution in [2.45, 2.75) is 0 Å². The van der Waals surface area contributed by atoms with Gasteiger partial charge in [0.15, 0.2) is 0 Å². The molecule has 0 atom stereocenters. The average Bonchev–Trinajstić information content (AvgIpc) is 3.60. The number of nitrogens with zero attached hydrogens (tertiary/aromatic N) is 3. The normalized spacial score (nSPS) is 11.6. The summed E-state index contributed by atoms with van der Waals surface area (Å²) in [6, 6.07) is 50.6. The molecule has 0 bridgehead atoms. The fourth-order valence-corrected chi connectivity index (χ4v) is 7.68. The van der Waals surface area contributed by atoms with Gasteiger partial charge in [-0.2, -0.15) is 5.26 Å². The Balaban J connectivity index is 1.18. The minimum Gasteiger partial charge on any atom is -0.309 e. The third-order valence-corrected chi connectivity index (χ3v) is 9.69. The van der Waals surface area contributed by atoms with Crippen LogP contribution in [-0.4, -0.2) is 9.13 Å². The highest BCUT2D eigenvalue weighted by atomic mass is 32.1. The molecule has 210 valence electrons. The molecule has 0 radical (unpaired) electrons. The zero-order valence-electron chi connectivity index (χ0n) is 23.9. The maximum atomic E-state index is 12.3. The highest BCUT2D eigenvalue weighted by Crippen LogP contribution is 2.37. The van der Waals surface area contributed by atoms with E-state index in [1.807, 2.05) is 18.2 Å². The zero-order chi connectivity index (χ0) is 30.1. The first kappa shape index (κ1) is 25.5. The van der Waals surface area contributed by atoms with Crippen molar-refractivity contribution >= 4 is 65.0 Å². The molecule has 0 N–H and O–H groups in total. The van der Waals surface area contributed by atoms with E-state index in [2.05, 4.69) is 130 Å². The van der Waals surface area contributed by atoms with Crippen molar-refractivity contribution in [3.05, 3.63) is 155 Å². The van der Waals surface area contributed by atoms with E-state index in [-0.39, 0.29) is 4.74 Å². The smallest absolute Gasteiger partial charge is 0.234 e. The van der Waals surface area contributed by atoms with E-state index in [4.69, 9.17) is 0 Å². The first-order chi connectivity index (χ1) is 22.2. The van der Waals surface area contributed by atoms with Crippen LogP contribution in [0.25, 0.3) is 76.2 Å². The van der Waals surface area contributed by atoms with Crippen LogP contribution in [-0.2, 0) is 0 Å². The van der Waals surface area contributed by atoms with Crippen LogP contribution in [0.4, 0.5) is 0 Å². The summed E-state index contributed by atoms with van der Waals surface area (Å²) in [6.45, 7) is 0. The predicted octanol–water partition coefficient (Wildman–Crippen LogP) is 9.99. The Morgan fingerprint density at radius 3 is 1.67 bits per heavy atom. The average molecular weight is 594 g/mol. The molecule has 9 aromatic rings. The summed E-state index contributed by atoms with van der Waals surface area (Å²) in [6.07, 6.45) is 0. The molecular weight excluding hydrogens is 571 g/mol. The van der Waals surface area contributed by atoms with E-state index >= 15 is 0 Å². The van der Waals surface area contributed by atoms with Crippen molar-refractivity contribution in [1.29, 1.82) is 5.26 Å². The van der Waals surface area contributed by atoms with Crippen LogP contribution in [0.5, 0.6) is 0 Å². The second-order valence-electron chi connectivity index (χ2n) is 11.3. The summed E-state index contributed by atoms with van der Waals surface area (Å²) in [5.41, 5.74) is 9.38. The highest BCUT2D eigenvalue weighted by Gasteiger charge is 2.15. The van der Waals surface area contributed by atoms with Crippen molar-refractivity contribution in [1.82, 2.24) is 9.13 Å². The molecule has 0 aliphatic rings. The van der Waals surface area contributed by atoms with Gasteiger partial charge in [-0.15, -0.1) is 0 Å². The van der Waals surface area contributed by atoms with E-state index in [1.54, 1.807) is 0 Å². The summed E-state index contributed by atoms with van der Waals surface area (Å²) < 4.78 is 5.27. The molecule has 6 aromatic carbocycles. The molecule has 0 saturated heterocycles. The molecule has 9 rings (SSSR count). The highest BCUT2D eigenvalue weighted by molar-refractivity contribution is 7.16. The Morgan fingerprint density at radius 1 is 0.489 bits per heavy atom. The third kappa shape index (κ3) is 3.87. The molecule has 3 heterocycles. The van der Waals surface area contributed by atoms with Gasteiger partial charge in [0.2, 0.25) is 4.74 Å². The van der Waals surface area contributed by atoms with E-state index < -0.39 is 0 Å². The molecule has 0 saturated carbocycles. The van der Waals surface area contributed by atoms with E-state index in [0.29, 0.717) is 5.56 Å². The minimum atomic E-state index is -0.118. The van der Waals surface area contributed by atoms with Gasteiger partial charge in [0.1, 0.15) is 0 Å². The SMILES string of the molecule is N#Cc1cc(=O)sc2cc(-n3c4ccccc4c4cc(-c5ccc(-n6c7ccccc7c7ccccc76)cc5)ccc43)ccc12. The maximum Gasteiger partial charge on any atom is 0.234 e. The van der Waals surface area contributed by atoms with Crippen molar-refractivity contribution in [3.63, 3.8) is 0 Å². The monoisotopic (exact) mass is 593 g/mol. The van der Waals surface area contributed by atoms with Crippen LogP contribution in [0, 0.1) is 11.3 Å². The standard InChI is InChI=1S/C40H23N3OS/c41-24-27-22-40(44)45-39-23-29(18-19-30(27)39)43-37-12-6-3-9-33(37)34-21-26(15-20-38(34)43)25-13-16-28(17-14-25)42-35-10-4-1-7-31(35)32-8-2-5-11-36(32)42/h1-23H. The third-order valence-electron chi connectivity index (χ3n) is 8.82. The van der Waals surface area contributed by atoms with Gasteiger partial charge in [-0.05, 0) is 65.7 Å². The zero-order valence-corrected chi connectivity index (χ0v) is 24.8. The van der Waals surface area contributed by atoms with Crippen LogP contribution < -0.4 is 4.74 Å². The molecule has 5 heteroatoms.